The first-order chi connectivity index (χ1) is 6.86. The van der Waals surface area contributed by atoms with Crippen LogP contribution in [0.4, 0.5) is 5.69 Å². The summed E-state index contributed by atoms with van der Waals surface area (Å²) < 4.78 is 0. The standard InChI is InChI=1S/C11H16N2S/c12-10-3-1-2-4-11(10)14-9-5-7-13-8-6-9/h1-4,9,13H,5-8,12H2. The van der Waals surface area contributed by atoms with Crippen LogP contribution in [0.5, 0.6) is 0 Å². The Morgan fingerprint density at radius 1 is 1.21 bits per heavy atom. The van der Waals surface area contributed by atoms with E-state index >= 15 is 0 Å². The molecule has 0 bridgehead atoms. The van der Waals surface area contributed by atoms with Crippen molar-refractivity contribution in [1.82, 2.24) is 5.32 Å². The number of benzene rings is 1. The molecule has 1 aromatic carbocycles. The maximum atomic E-state index is 5.90. The Morgan fingerprint density at radius 2 is 1.93 bits per heavy atom. The number of nitrogens with two attached hydrogens (primary N) is 1. The lowest BCUT2D eigenvalue weighted by Gasteiger charge is -2.22. The Kier molecular flexibility index (Phi) is 3.32. The third kappa shape index (κ3) is 2.42. The molecular formula is C11H16N2S. The van der Waals surface area contributed by atoms with Crippen LogP contribution in [0, 0.1) is 0 Å². The summed E-state index contributed by atoms with van der Waals surface area (Å²) in [6, 6.07) is 8.13. The van der Waals surface area contributed by atoms with Gasteiger partial charge in [-0.2, -0.15) is 0 Å². The van der Waals surface area contributed by atoms with E-state index in [4.69, 9.17) is 5.73 Å². The van der Waals surface area contributed by atoms with Crippen LogP contribution in [0.25, 0.3) is 0 Å². The Hall–Kier alpha value is -0.670. The van der Waals surface area contributed by atoms with Gasteiger partial charge in [0.2, 0.25) is 0 Å². The van der Waals surface area contributed by atoms with Gasteiger partial charge in [0.25, 0.3) is 0 Å². The maximum absolute atomic E-state index is 5.90. The number of piperidine rings is 1. The molecule has 0 unspecified atom stereocenters. The predicted octanol–water partition coefficient (Wildman–Crippen LogP) is 2.11. The lowest BCUT2D eigenvalue weighted by atomic mass is 10.2. The largest absolute Gasteiger partial charge is 0.398 e. The minimum atomic E-state index is 0.737. The van der Waals surface area contributed by atoms with E-state index < -0.39 is 0 Å². The summed E-state index contributed by atoms with van der Waals surface area (Å²) in [5.41, 5.74) is 6.81. The Labute approximate surface area is 89.3 Å². The molecule has 2 rings (SSSR count). The van der Waals surface area contributed by atoms with Gasteiger partial charge >= 0.3 is 0 Å². The zero-order valence-electron chi connectivity index (χ0n) is 8.20. The van der Waals surface area contributed by atoms with Gasteiger partial charge in [-0.1, -0.05) is 12.1 Å². The molecule has 1 aliphatic heterocycles. The van der Waals surface area contributed by atoms with Gasteiger partial charge in [0.15, 0.2) is 0 Å². The SMILES string of the molecule is Nc1ccccc1SC1CCNCC1. The molecule has 0 radical (unpaired) electrons. The molecule has 0 saturated carbocycles. The third-order valence-electron chi connectivity index (χ3n) is 2.50. The topological polar surface area (TPSA) is 38.0 Å². The molecule has 1 heterocycles. The normalized spacial score (nSPS) is 18.3. The predicted molar refractivity (Wildman–Crippen MR) is 62.6 cm³/mol. The highest BCUT2D eigenvalue weighted by Crippen LogP contribution is 2.32. The van der Waals surface area contributed by atoms with Gasteiger partial charge < -0.3 is 11.1 Å². The van der Waals surface area contributed by atoms with Crippen molar-refractivity contribution in [3.8, 4) is 0 Å². The minimum absolute atomic E-state index is 0.737. The van der Waals surface area contributed by atoms with Crippen molar-refractivity contribution in [2.75, 3.05) is 18.8 Å². The zero-order chi connectivity index (χ0) is 9.80. The molecule has 0 atom stereocenters. The minimum Gasteiger partial charge on any atom is -0.398 e. The summed E-state index contributed by atoms with van der Waals surface area (Å²) in [5.74, 6) is 0. The van der Waals surface area contributed by atoms with Crippen molar-refractivity contribution in [2.45, 2.75) is 23.0 Å². The van der Waals surface area contributed by atoms with Crippen molar-refractivity contribution >= 4 is 17.4 Å². The molecule has 1 aliphatic rings. The van der Waals surface area contributed by atoms with Gasteiger partial charge in [0.05, 0.1) is 0 Å². The summed E-state index contributed by atoms with van der Waals surface area (Å²) >= 11 is 1.93. The van der Waals surface area contributed by atoms with Crippen LogP contribution < -0.4 is 11.1 Å². The first kappa shape index (κ1) is 9.87. The molecule has 0 aromatic heterocycles. The quantitative estimate of drug-likeness (QED) is 0.731. The average molecular weight is 208 g/mol. The number of para-hydroxylation sites is 1. The molecule has 1 fully saturated rings. The van der Waals surface area contributed by atoms with Crippen LogP contribution in [0.2, 0.25) is 0 Å². The fraction of sp³-hybridized carbons (Fsp3) is 0.455. The molecule has 1 saturated heterocycles. The van der Waals surface area contributed by atoms with Gasteiger partial charge in [0, 0.05) is 15.8 Å². The highest BCUT2D eigenvalue weighted by molar-refractivity contribution is 8.00. The molecule has 3 N–H and O–H groups in total. The lowest BCUT2D eigenvalue weighted by Crippen LogP contribution is -2.29. The van der Waals surface area contributed by atoms with E-state index in [9.17, 15) is 0 Å². The van der Waals surface area contributed by atoms with Gasteiger partial charge in [-0.3, -0.25) is 0 Å². The van der Waals surface area contributed by atoms with E-state index in [-0.39, 0.29) is 0 Å². The van der Waals surface area contributed by atoms with E-state index in [0.29, 0.717) is 0 Å². The van der Waals surface area contributed by atoms with E-state index in [1.807, 2.05) is 23.9 Å². The van der Waals surface area contributed by atoms with Gasteiger partial charge in [-0.05, 0) is 38.1 Å². The van der Waals surface area contributed by atoms with Gasteiger partial charge in [-0.15, -0.1) is 11.8 Å². The van der Waals surface area contributed by atoms with E-state index in [0.717, 1.165) is 24.0 Å². The second-order valence-corrected chi connectivity index (χ2v) is 4.95. The number of hydrogen-bond acceptors (Lipinski definition) is 3. The average Bonchev–Trinajstić information content (AvgIpc) is 2.23. The highest BCUT2D eigenvalue weighted by atomic mass is 32.2. The van der Waals surface area contributed by atoms with Crippen molar-refractivity contribution in [1.29, 1.82) is 0 Å². The molecule has 0 aliphatic carbocycles. The number of nitrogens with one attached hydrogen (secondary N) is 1. The van der Waals surface area contributed by atoms with Crippen molar-refractivity contribution < 1.29 is 0 Å². The lowest BCUT2D eigenvalue weighted by molar-refractivity contribution is 0.531. The fourth-order valence-corrected chi connectivity index (χ4v) is 2.87. The summed E-state index contributed by atoms with van der Waals surface area (Å²) in [6.07, 6.45) is 2.50. The van der Waals surface area contributed by atoms with E-state index in [1.165, 1.54) is 17.7 Å². The van der Waals surface area contributed by atoms with Gasteiger partial charge in [-0.25, -0.2) is 0 Å². The van der Waals surface area contributed by atoms with Crippen molar-refractivity contribution in [3.05, 3.63) is 24.3 Å². The number of thioether (sulfide) groups is 1. The van der Waals surface area contributed by atoms with Crippen LogP contribution in [0.3, 0.4) is 0 Å². The summed E-state index contributed by atoms with van der Waals surface area (Å²) in [7, 11) is 0. The van der Waals surface area contributed by atoms with E-state index in [1.54, 1.807) is 0 Å². The second-order valence-electron chi connectivity index (χ2n) is 3.61. The van der Waals surface area contributed by atoms with Crippen LogP contribution in [-0.2, 0) is 0 Å². The van der Waals surface area contributed by atoms with Crippen molar-refractivity contribution in [2.24, 2.45) is 0 Å². The van der Waals surface area contributed by atoms with Crippen LogP contribution in [-0.4, -0.2) is 18.3 Å². The first-order valence-corrected chi connectivity index (χ1v) is 5.96. The highest BCUT2D eigenvalue weighted by Gasteiger charge is 2.14. The molecule has 0 spiro atoms. The molecule has 0 amide bonds. The number of hydrogen-bond donors (Lipinski definition) is 2. The number of nitrogen functional groups attached to an aromatic ring is 1. The number of anilines is 1. The monoisotopic (exact) mass is 208 g/mol. The van der Waals surface area contributed by atoms with Gasteiger partial charge in [0.1, 0.15) is 0 Å². The maximum Gasteiger partial charge on any atom is 0.0452 e. The molecule has 3 heteroatoms. The van der Waals surface area contributed by atoms with Crippen LogP contribution in [0.1, 0.15) is 12.8 Å². The molecule has 76 valence electrons. The van der Waals surface area contributed by atoms with E-state index in [2.05, 4.69) is 17.4 Å². The second kappa shape index (κ2) is 4.71. The summed E-state index contributed by atoms with van der Waals surface area (Å²) in [6.45, 7) is 2.29. The Bertz CT molecular complexity index is 295. The summed E-state index contributed by atoms with van der Waals surface area (Å²) in [4.78, 5) is 1.24. The fourth-order valence-electron chi connectivity index (χ4n) is 1.68. The zero-order valence-corrected chi connectivity index (χ0v) is 9.02. The molecule has 1 aromatic rings. The summed E-state index contributed by atoms with van der Waals surface area (Å²) in [5, 5.41) is 4.11. The molecule has 14 heavy (non-hydrogen) atoms. The molecular weight excluding hydrogens is 192 g/mol. The first-order valence-electron chi connectivity index (χ1n) is 5.08. The smallest absolute Gasteiger partial charge is 0.0452 e. The van der Waals surface area contributed by atoms with Crippen molar-refractivity contribution in [3.63, 3.8) is 0 Å². The number of rotatable bonds is 2. The molecule has 2 nitrogen and oxygen atoms in total. The van der Waals surface area contributed by atoms with Crippen LogP contribution in [0.15, 0.2) is 29.2 Å². The third-order valence-corrected chi connectivity index (χ3v) is 3.93. The van der Waals surface area contributed by atoms with Crippen LogP contribution >= 0.6 is 11.8 Å². The Morgan fingerprint density at radius 3 is 2.64 bits per heavy atom. The Balaban J connectivity index is 1.99.